The second kappa shape index (κ2) is 19.8. The number of phenols is 2. The molecule has 3 fully saturated rings. The molecule has 5 rings (SSSR count). The molecule has 15 atom stereocenters. The van der Waals surface area contributed by atoms with Gasteiger partial charge in [-0.1, -0.05) is 12.1 Å². The SMILES string of the molecule is COc1ccc(CCO[C@@H]2O[C@H](CO[C@H]3O[C@@H](CO)[C@H](O)[C@@H](O)[C@@H]3O)[C@@H](OC(=O)/C=C/c3ccc(O)c(OC)c3)[C@H](O[C@H]3O[C@H](C)[C@@H](O)[C@H](O)[C@@H]3O)[C@H]2O)cc1O. The Morgan fingerprint density at radius 1 is 0.702 bits per heavy atom. The van der Waals surface area contributed by atoms with Crippen molar-refractivity contribution < 1.29 is 98.5 Å². The highest BCUT2D eigenvalue weighted by Crippen LogP contribution is 2.33. The predicted molar refractivity (Wildman–Crippen MR) is 190 cm³/mol. The molecule has 0 amide bonds. The maximum atomic E-state index is 13.4. The normalized spacial score (nSPS) is 35.9. The summed E-state index contributed by atoms with van der Waals surface area (Å²) in [6.45, 7) is -0.132. The zero-order chi connectivity index (χ0) is 41.6. The minimum absolute atomic E-state index is 0.121. The van der Waals surface area contributed by atoms with Gasteiger partial charge in [-0.25, -0.2) is 4.79 Å². The van der Waals surface area contributed by atoms with Crippen LogP contribution in [0.1, 0.15) is 18.1 Å². The lowest BCUT2D eigenvalue weighted by Crippen LogP contribution is -2.65. The minimum Gasteiger partial charge on any atom is -0.504 e. The summed E-state index contributed by atoms with van der Waals surface area (Å²) in [4.78, 5) is 13.4. The van der Waals surface area contributed by atoms with Crippen molar-refractivity contribution in [2.75, 3.05) is 34.0 Å². The molecular weight excluding hydrogens is 764 g/mol. The second-order valence-corrected chi connectivity index (χ2v) is 13.6. The summed E-state index contributed by atoms with van der Waals surface area (Å²) in [5, 5.41) is 104. The van der Waals surface area contributed by atoms with Crippen LogP contribution >= 0.6 is 0 Å². The fourth-order valence-electron chi connectivity index (χ4n) is 6.46. The van der Waals surface area contributed by atoms with Gasteiger partial charge >= 0.3 is 5.97 Å². The Morgan fingerprint density at radius 3 is 2.05 bits per heavy atom. The number of phenolic OH excluding ortho intramolecular Hbond substituents is 2. The van der Waals surface area contributed by atoms with Crippen LogP contribution < -0.4 is 9.47 Å². The third-order valence-corrected chi connectivity index (χ3v) is 9.77. The number of aliphatic hydroxyl groups is 8. The molecule has 0 radical (unpaired) electrons. The van der Waals surface area contributed by atoms with Crippen molar-refractivity contribution in [1.29, 1.82) is 0 Å². The van der Waals surface area contributed by atoms with Crippen LogP contribution in [0.2, 0.25) is 0 Å². The van der Waals surface area contributed by atoms with Gasteiger partial charge in [0.2, 0.25) is 0 Å². The van der Waals surface area contributed by atoms with Crippen LogP contribution in [-0.2, 0) is 44.4 Å². The van der Waals surface area contributed by atoms with E-state index in [2.05, 4.69) is 0 Å². The molecule has 20 nitrogen and oxygen atoms in total. The van der Waals surface area contributed by atoms with E-state index in [0.29, 0.717) is 11.1 Å². The molecule has 20 heteroatoms. The largest absolute Gasteiger partial charge is 0.504 e. The van der Waals surface area contributed by atoms with Gasteiger partial charge in [0.25, 0.3) is 0 Å². The van der Waals surface area contributed by atoms with E-state index >= 15 is 0 Å². The van der Waals surface area contributed by atoms with Crippen LogP contribution in [0.15, 0.2) is 42.5 Å². The number of carbonyl (C=O) groups excluding carboxylic acids is 1. The number of aliphatic hydroxyl groups excluding tert-OH is 8. The van der Waals surface area contributed by atoms with Crippen LogP contribution in [0.4, 0.5) is 0 Å². The summed E-state index contributed by atoms with van der Waals surface area (Å²) in [6.07, 6.45) is -22.0. The van der Waals surface area contributed by atoms with E-state index < -0.39 is 111 Å². The third kappa shape index (κ3) is 10.5. The number of carbonyl (C=O) groups is 1. The van der Waals surface area contributed by atoms with Crippen molar-refractivity contribution in [3.05, 3.63) is 53.6 Å². The van der Waals surface area contributed by atoms with E-state index in [0.717, 1.165) is 6.08 Å². The van der Waals surface area contributed by atoms with E-state index in [1.54, 1.807) is 12.1 Å². The summed E-state index contributed by atoms with van der Waals surface area (Å²) in [6, 6.07) is 8.92. The molecule has 0 aromatic heterocycles. The fraction of sp³-hybridized carbons (Fsp3) is 0.595. The van der Waals surface area contributed by atoms with E-state index in [1.807, 2.05) is 0 Å². The first-order chi connectivity index (χ1) is 27.2. The van der Waals surface area contributed by atoms with Crippen molar-refractivity contribution in [1.82, 2.24) is 0 Å². The van der Waals surface area contributed by atoms with E-state index in [-0.39, 0.29) is 36.0 Å². The quantitative estimate of drug-likeness (QED) is 0.0652. The lowest BCUT2D eigenvalue weighted by Gasteiger charge is -2.47. The van der Waals surface area contributed by atoms with Gasteiger partial charge in [-0.05, 0) is 54.8 Å². The van der Waals surface area contributed by atoms with Crippen LogP contribution in [0.5, 0.6) is 23.0 Å². The van der Waals surface area contributed by atoms with Gasteiger partial charge in [-0.2, -0.15) is 0 Å². The molecule has 3 aliphatic rings. The predicted octanol–water partition coefficient (Wildman–Crippen LogP) is -2.59. The molecule has 57 heavy (non-hydrogen) atoms. The topological polar surface area (TPSA) is 302 Å². The van der Waals surface area contributed by atoms with Gasteiger partial charge in [0, 0.05) is 6.08 Å². The molecular formula is C37H50O20. The van der Waals surface area contributed by atoms with Gasteiger partial charge in [0.1, 0.15) is 61.0 Å². The maximum Gasteiger partial charge on any atom is 0.331 e. The van der Waals surface area contributed by atoms with E-state index in [9.17, 15) is 55.9 Å². The second-order valence-electron chi connectivity index (χ2n) is 13.6. The molecule has 3 aliphatic heterocycles. The van der Waals surface area contributed by atoms with Gasteiger partial charge in [-0.3, -0.25) is 0 Å². The fourth-order valence-corrected chi connectivity index (χ4v) is 6.46. The Bertz CT molecular complexity index is 1640. The Labute approximate surface area is 326 Å². The average molecular weight is 815 g/mol. The smallest absolute Gasteiger partial charge is 0.331 e. The zero-order valence-corrected chi connectivity index (χ0v) is 31.2. The minimum atomic E-state index is -1.86. The average Bonchev–Trinajstić information content (AvgIpc) is 3.20. The van der Waals surface area contributed by atoms with Gasteiger partial charge < -0.3 is 93.7 Å². The highest BCUT2D eigenvalue weighted by molar-refractivity contribution is 5.87. The molecule has 0 spiro atoms. The summed E-state index contributed by atoms with van der Waals surface area (Å²) in [7, 11) is 2.73. The Kier molecular flexibility index (Phi) is 15.4. The van der Waals surface area contributed by atoms with Crippen LogP contribution in [0.3, 0.4) is 0 Å². The lowest BCUT2D eigenvalue weighted by molar-refractivity contribution is -0.364. The standard InChI is InChI=1S/C37H50O20/c1-16-26(42)28(44)31(47)37(53-16)57-34-32(48)36(51-11-10-18-5-8-21(49-2)20(40)12-18)55-24(15-52-35-30(46)29(45)27(43)23(14-38)54-35)33(34)56-25(41)9-6-17-4-7-19(39)22(13-17)50-3/h4-9,12-13,16,23-24,26-40,42-48H,10-11,14-15H2,1-3H3/b9-6+/t16-,23+,24-,26-,27+,28+,29-,30+,31+,32-,33-,34-,35+,36-,37-/m1/s1. The lowest BCUT2D eigenvalue weighted by atomic mass is 9.96. The highest BCUT2D eigenvalue weighted by Gasteiger charge is 2.53. The van der Waals surface area contributed by atoms with E-state index in [1.165, 1.54) is 51.5 Å². The van der Waals surface area contributed by atoms with Gasteiger partial charge in [0.05, 0.1) is 40.1 Å². The summed E-state index contributed by atoms with van der Waals surface area (Å²) >= 11 is 0. The van der Waals surface area contributed by atoms with Crippen LogP contribution in [0.25, 0.3) is 6.08 Å². The van der Waals surface area contributed by atoms with Gasteiger partial charge in [0.15, 0.2) is 48.0 Å². The zero-order valence-electron chi connectivity index (χ0n) is 31.2. The molecule has 2 aromatic carbocycles. The number of benzene rings is 2. The number of methoxy groups -OCH3 is 2. The number of esters is 1. The highest BCUT2D eigenvalue weighted by atomic mass is 16.8. The molecule has 10 N–H and O–H groups in total. The summed E-state index contributed by atoms with van der Waals surface area (Å²) < 4.78 is 50.8. The van der Waals surface area contributed by atoms with E-state index in [4.69, 9.17) is 42.6 Å². The molecule has 0 saturated carbocycles. The van der Waals surface area contributed by atoms with Gasteiger partial charge in [-0.15, -0.1) is 0 Å². The molecule has 318 valence electrons. The van der Waals surface area contributed by atoms with Crippen molar-refractivity contribution >= 4 is 12.0 Å². The van der Waals surface area contributed by atoms with Crippen molar-refractivity contribution in [3.8, 4) is 23.0 Å². The number of hydrogen-bond donors (Lipinski definition) is 10. The third-order valence-electron chi connectivity index (χ3n) is 9.77. The maximum absolute atomic E-state index is 13.4. The van der Waals surface area contributed by atoms with Crippen molar-refractivity contribution in [3.63, 3.8) is 0 Å². The van der Waals surface area contributed by atoms with Crippen molar-refractivity contribution in [2.45, 2.75) is 105 Å². The molecule has 2 aromatic rings. The Balaban J connectivity index is 1.44. The summed E-state index contributed by atoms with van der Waals surface area (Å²) in [5.41, 5.74) is 1.02. The van der Waals surface area contributed by atoms with Crippen molar-refractivity contribution in [2.24, 2.45) is 0 Å². The number of rotatable bonds is 15. The Morgan fingerprint density at radius 2 is 1.37 bits per heavy atom. The summed E-state index contributed by atoms with van der Waals surface area (Å²) in [5.74, 6) is -0.938. The number of aromatic hydroxyl groups is 2. The monoisotopic (exact) mass is 814 g/mol. The first kappa shape index (κ1) is 44.4. The van der Waals surface area contributed by atoms with Crippen LogP contribution in [-0.4, -0.2) is 183 Å². The Hall–Kier alpha value is -3.71. The molecule has 3 heterocycles. The first-order valence-corrected chi connectivity index (χ1v) is 18.0. The number of ether oxygens (including phenoxy) is 9. The first-order valence-electron chi connectivity index (χ1n) is 18.0. The number of hydrogen-bond acceptors (Lipinski definition) is 20. The molecule has 0 bridgehead atoms. The molecule has 0 unspecified atom stereocenters. The molecule has 3 saturated heterocycles. The molecule has 0 aliphatic carbocycles. The van der Waals surface area contributed by atoms with Crippen LogP contribution in [0, 0.1) is 0 Å².